The molecule has 6 heteroatoms. The predicted octanol–water partition coefficient (Wildman–Crippen LogP) is 5.63. The van der Waals surface area contributed by atoms with E-state index in [0.29, 0.717) is 0 Å². The van der Waals surface area contributed by atoms with Crippen LogP contribution in [0.25, 0.3) is 5.69 Å². The smallest absolute Gasteiger partial charge is 0.170 e. The number of hydrogen-bond acceptors (Lipinski definition) is 2. The Hall–Kier alpha value is -2.18. The molecule has 0 bridgehead atoms. The van der Waals surface area contributed by atoms with Gasteiger partial charge in [0.15, 0.2) is 5.11 Å². The van der Waals surface area contributed by atoms with E-state index in [2.05, 4.69) is 92.9 Å². The number of rotatable bonds is 5. The molecule has 4 nitrogen and oxygen atoms in total. The van der Waals surface area contributed by atoms with Gasteiger partial charge in [-0.05, 0) is 74.4 Å². The average molecular weight is 469 g/mol. The van der Waals surface area contributed by atoms with Crippen molar-refractivity contribution in [1.29, 1.82) is 0 Å². The van der Waals surface area contributed by atoms with E-state index < -0.39 is 0 Å². The molecule has 0 radical (unpaired) electrons. The molecule has 3 aromatic rings. The van der Waals surface area contributed by atoms with Crippen molar-refractivity contribution in [2.24, 2.45) is 0 Å². The van der Waals surface area contributed by atoms with E-state index in [9.17, 15) is 0 Å². The van der Waals surface area contributed by atoms with Crippen LogP contribution in [0.1, 0.15) is 48.1 Å². The third-order valence-corrected chi connectivity index (χ3v) is 6.36. The molecule has 0 amide bonds. The topological polar surface area (TPSA) is 33.1 Å². The van der Waals surface area contributed by atoms with Crippen LogP contribution >= 0.6 is 28.1 Å². The molecule has 1 fully saturated rings. The molecule has 1 aliphatic rings. The quantitative estimate of drug-likeness (QED) is 0.491. The lowest BCUT2D eigenvalue weighted by Gasteiger charge is -2.27. The summed E-state index contributed by atoms with van der Waals surface area (Å²) in [6.45, 7) is 7.47. The summed E-state index contributed by atoms with van der Waals surface area (Å²) in [5, 5.41) is 4.34. The summed E-state index contributed by atoms with van der Waals surface area (Å²) < 4.78 is 3.40. The van der Waals surface area contributed by atoms with Crippen LogP contribution in [0, 0.1) is 13.8 Å². The second-order valence-corrected chi connectivity index (χ2v) is 8.76. The molecule has 4 rings (SSSR count). The van der Waals surface area contributed by atoms with Gasteiger partial charge in [0, 0.05) is 34.3 Å². The maximum Gasteiger partial charge on any atom is 0.170 e. The summed E-state index contributed by atoms with van der Waals surface area (Å²) in [6.07, 6.45) is 2.89. The summed E-state index contributed by atoms with van der Waals surface area (Å²) in [4.78, 5) is 6.95. The van der Waals surface area contributed by atoms with E-state index in [0.717, 1.165) is 33.9 Å². The Morgan fingerprint density at radius 2 is 1.97 bits per heavy atom. The second kappa shape index (κ2) is 8.28. The molecule has 0 aliphatic carbocycles. The zero-order valence-electron chi connectivity index (χ0n) is 16.9. The van der Waals surface area contributed by atoms with Gasteiger partial charge in [0.05, 0.1) is 17.8 Å². The van der Waals surface area contributed by atoms with Crippen LogP contribution in [0.3, 0.4) is 0 Å². The molecule has 1 aromatic carbocycles. The van der Waals surface area contributed by atoms with Crippen molar-refractivity contribution in [2.75, 3.05) is 6.54 Å². The highest BCUT2D eigenvalue weighted by molar-refractivity contribution is 9.10. The molecular weight excluding hydrogens is 444 g/mol. The first-order valence-corrected chi connectivity index (χ1v) is 11.1. The molecule has 1 saturated heterocycles. The molecule has 2 atom stereocenters. The monoisotopic (exact) mass is 468 g/mol. The van der Waals surface area contributed by atoms with Gasteiger partial charge in [-0.25, -0.2) is 0 Å². The predicted molar refractivity (Wildman–Crippen MR) is 125 cm³/mol. The molecule has 29 heavy (non-hydrogen) atoms. The van der Waals surface area contributed by atoms with Crippen LogP contribution < -0.4 is 5.32 Å². The van der Waals surface area contributed by atoms with Gasteiger partial charge in [0.25, 0.3) is 0 Å². The molecule has 0 unspecified atom stereocenters. The van der Waals surface area contributed by atoms with Gasteiger partial charge in [-0.15, -0.1) is 0 Å². The molecule has 3 heterocycles. The number of hydrogen-bond donors (Lipinski definition) is 1. The highest BCUT2D eigenvalue weighted by Crippen LogP contribution is 2.41. The largest absolute Gasteiger partial charge is 0.352 e. The lowest BCUT2D eigenvalue weighted by molar-refractivity contribution is 0.316. The highest BCUT2D eigenvalue weighted by Gasteiger charge is 2.40. The number of aromatic nitrogens is 2. The van der Waals surface area contributed by atoms with Crippen molar-refractivity contribution in [1.82, 2.24) is 19.8 Å². The maximum absolute atomic E-state index is 5.73. The Bertz CT molecular complexity index is 1030. The number of aryl methyl sites for hydroxylation is 1. The number of benzene rings is 1. The normalized spacial score (nSPS) is 18.9. The molecule has 1 aliphatic heterocycles. The van der Waals surface area contributed by atoms with Crippen molar-refractivity contribution in [2.45, 2.75) is 39.3 Å². The fourth-order valence-electron chi connectivity index (χ4n) is 4.33. The number of nitrogens with one attached hydrogen (secondary N) is 1. The van der Waals surface area contributed by atoms with Crippen LogP contribution in [-0.4, -0.2) is 26.1 Å². The summed E-state index contributed by atoms with van der Waals surface area (Å²) in [7, 11) is 0. The fraction of sp³-hybridized carbons (Fsp3) is 0.304. The van der Waals surface area contributed by atoms with Gasteiger partial charge >= 0.3 is 0 Å². The van der Waals surface area contributed by atoms with E-state index in [1.165, 1.54) is 17.0 Å². The third-order valence-electron chi connectivity index (χ3n) is 5.52. The zero-order chi connectivity index (χ0) is 20.5. The third kappa shape index (κ3) is 3.71. The molecule has 150 valence electrons. The highest BCUT2D eigenvalue weighted by atomic mass is 79.9. The molecule has 1 N–H and O–H groups in total. The molecule has 2 aromatic heterocycles. The standard InChI is InChI=1S/C23H25BrN4S/c1-4-12-27-22(21(26-23(27)29)20-10-5-6-11-25-20)19-13-15(2)28(16(19)3)18-9-7-8-17(24)14-18/h5-11,13-14,21-22H,4,12H2,1-3H3,(H,26,29)/t21-,22+/m0/s1. The first-order chi connectivity index (χ1) is 14.0. The lowest BCUT2D eigenvalue weighted by atomic mass is 9.96. The minimum atomic E-state index is 0.0340. The van der Waals surface area contributed by atoms with Gasteiger partial charge in [0.2, 0.25) is 0 Å². The van der Waals surface area contributed by atoms with Gasteiger partial charge in [-0.2, -0.15) is 0 Å². The van der Waals surface area contributed by atoms with Crippen molar-refractivity contribution < 1.29 is 0 Å². The Labute approximate surface area is 186 Å². The van der Waals surface area contributed by atoms with Crippen LogP contribution in [0.2, 0.25) is 0 Å². The SMILES string of the molecule is CCCN1C(=S)N[C@@H](c2ccccn2)[C@H]1c1cc(C)n(-c2cccc(Br)c2)c1C. The van der Waals surface area contributed by atoms with Crippen LogP contribution in [0.15, 0.2) is 59.2 Å². The maximum atomic E-state index is 5.73. The second-order valence-electron chi connectivity index (χ2n) is 7.46. The average Bonchev–Trinajstić information content (AvgIpc) is 3.18. The van der Waals surface area contributed by atoms with Crippen LogP contribution in [-0.2, 0) is 0 Å². The molecule has 0 saturated carbocycles. The summed E-state index contributed by atoms with van der Waals surface area (Å²) in [5.41, 5.74) is 5.92. The minimum Gasteiger partial charge on any atom is -0.352 e. The Morgan fingerprint density at radius 1 is 1.14 bits per heavy atom. The van der Waals surface area contributed by atoms with E-state index in [1.807, 2.05) is 18.3 Å². The molecule has 0 spiro atoms. The number of pyridine rings is 1. The summed E-state index contributed by atoms with van der Waals surface area (Å²) in [5.74, 6) is 0. The first-order valence-electron chi connectivity index (χ1n) is 9.94. The van der Waals surface area contributed by atoms with Gasteiger partial charge in [-0.3, -0.25) is 4.98 Å². The van der Waals surface area contributed by atoms with Crippen LogP contribution in [0.4, 0.5) is 0 Å². The molecular formula is C23H25BrN4S. The van der Waals surface area contributed by atoms with Crippen LogP contribution in [0.5, 0.6) is 0 Å². The van der Waals surface area contributed by atoms with Crippen molar-refractivity contribution in [3.05, 3.63) is 81.8 Å². The van der Waals surface area contributed by atoms with Crippen molar-refractivity contribution >= 4 is 33.3 Å². The van der Waals surface area contributed by atoms with E-state index in [4.69, 9.17) is 12.2 Å². The summed E-state index contributed by atoms with van der Waals surface area (Å²) in [6, 6.07) is 16.9. The van der Waals surface area contributed by atoms with E-state index in [1.54, 1.807) is 0 Å². The first kappa shape index (κ1) is 20.1. The van der Waals surface area contributed by atoms with Crippen molar-refractivity contribution in [3.8, 4) is 5.69 Å². The number of thiocarbonyl (C=S) groups is 1. The zero-order valence-corrected chi connectivity index (χ0v) is 19.3. The Morgan fingerprint density at radius 3 is 2.66 bits per heavy atom. The van der Waals surface area contributed by atoms with Gasteiger partial charge in [0.1, 0.15) is 0 Å². The van der Waals surface area contributed by atoms with Crippen molar-refractivity contribution in [3.63, 3.8) is 0 Å². The van der Waals surface area contributed by atoms with Gasteiger partial charge in [-0.1, -0.05) is 35.0 Å². The van der Waals surface area contributed by atoms with E-state index >= 15 is 0 Å². The minimum absolute atomic E-state index is 0.0340. The number of nitrogens with zero attached hydrogens (tertiary/aromatic N) is 3. The summed E-state index contributed by atoms with van der Waals surface area (Å²) >= 11 is 9.33. The Balaban J connectivity index is 1.84. The van der Waals surface area contributed by atoms with E-state index in [-0.39, 0.29) is 12.1 Å². The Kier molecular flexibility index (Phi) is 5.74. The lowest BCUT2D eigenvalue weighted by Crippen LogP contribution is -2.30. The van der Waals surface area contributed by atoms with Gasteiger partial charge < -0.3 is 14.8 Å². The number of halogens is 1. The fourth-order valence-corrected chi connectivity index (χ4v) is 5.04.